The third-order valence-corrected chi connectivity index (χ3v) is 6.22. The molecule has 1 heterocycles. The number of hydrogen-bond acceptors (Lipinski definition) is 3. The molecule has 2 aliphatic carbocycles. The van der Waals surface area contributed by atoms with Gasteiger partial charge in [0.1, 0.15) is 5.78 Å². The Morgan fingerprint density at radius 3 is 2.47 bits per heavy atom. The highest BCUT2D eigenvalue weighted by Gasteiger charge is 2.42. The highest BCUT2D eigenvalue weighted by molar-refractivity contribution is 7.87. The van der Waals surface area contributed by atoms with Gasteiger partial charge in [-0.05, 0) is 38.5 Å². The van der Waals surface area contributed by atoms with Gasteiger partial charge < -0.3 is 0 Å². The van der Waals surface area contributed by atoms with E-state index in [0.717, 1.165) is 44.9 Å². The summed E-state index contributed by atoms with van der Waals surface area (Å²) in [4.78, 5) is 11.9. The Balaban J connectivity index is 1.78. The predicted molar refractivity (Wildman–Crippen MR) is 71.8 cm³/mol. The quantitative estimate of drug-likeness (QED) is 0.844. The van der Waals surface area contributed by atoms with Crippen LogP contribution < -0.4 is 4.72 Å². The highest BCUT2D eigenvalue weighted by Crippen LogP contribution is 2.34. The molecule has 3 rings (SSSR count). The lowest BCUT2D eigenvalue weighted by atomic mass is 9.90. The maximum absolute atomic E-state index is 12.4. The molecule has 2 atom stereocenters. The minimum atomic E-state index is -3.40. The van der Waals surface area contributed by atoms with Gasteiger partial charge in [-0.15, -0.1) is 0 Å². The van der Waals surface area contributed by atoms with Crippen molar-refractivity contribution in [2.45, 2.75) is 63.5 Å². The van der Waals surface area contributed by atoms with Crippen molar-refractivity contribution in [3.63, 3.8) is 0 Å². The molecule has 0 spiro atoms. The number of nitrogens with zero attached hydrogens (tertiary/aromatic N) is 1. The second-order valence-electron chi connectivity index (χ2n) is 6.04. The summed E-state index contributed by atoms with van der Waals surface area (Å²) in [5, 5.41) is 0. The summed E-state index contributed by atoms with van der Waals surface area (Å²) in [6, 6.07) is 0.0341. The lowest BCUT2D eigenvalue weighted by Gasteiger charge is -2.37. The van der Waals surface area contributed by atoms with E-state index in [-0.39, 0.29) is 23.8 Å². The molecule has 3 aliphatic rings. The van der Waals surface area contributed by atoms with Crippen molar-refractivity contribution in [2.75, 3.05) is 6.54 Å². The number of hydrogen-bond donors (Lipinski definition) is 1. The number of Topliss-reactive ketones (excluding diaryl/α,β-unsaturated/α-hetero) is 1. The highest BCUT2D eigenvalue weighted by atomic mass is 32.2. The summed E-state index contributed by atoms with van der Waals surface area (Å²) in [5.74, 6) is 0.203. The SMILES string of the molecule is O=C1CCCC1C1CCCCN1S(=O)(=O)NC1CC1. The topological polar surface area (TPSA) is 66.5 Å². The summed E-state index contributed by atoms with van der Waals surface area (Å²) in [6.45, 7) is 0.566. The summed E-state index contributed by atoms with van der Waals surface area (Å²) >= 11 is 0. The fourth-order valence-corrected chi connectivity index (χ4v) is 5.13. The molecule has 0 bridgehead atoms. The average Bonchev–Trinajstić information content (AvgIpc) is 3.07. The normalized spacial score (nSPS) is 33.8. The van der Waals surface area contributed by atoms with E-state index in [1.807, 2.05) is 0 Å². The lowest BCUT2D eigenvalue weighted by Crippen LogP contribution is -2.52. The minimum Gasteiger partial charge on any atom is -0.299 e. The Kier molecular flexibility index (Phi) is 3.66. The number of rotatable bonds is 4. The monoisotopic (exact) mass is 286 g/mol. The van der Waals surface area contributed by atoms with Crippen LogP contribution >= 0.6 is 0 Å². The van der Waals surface area contributed by atoms with Crippen LogP contribution in [0.15, 0.2) is 0 Å². The van der Waals surface area contributed by atoms with Crippen molar-refractivity contribution in [1.29, 1.82) is 0 Å². The second-order valence-corrected chi connectivity index (χ2v) is 7.69. The summed E-state index contributed by atoms with van der Waals surface area (Å²) in [5.41, 5.74) is 0. The molecule has 19 heavy (non-hydrogen) atoms. The number of piperidine rings is 1. The van der Waals surface area contributed by atoms with E-state index in [2.05, 4.69) is 4.72 Å². The van der Waals surface area contributed by atoms with Crippen LogP contribution in [0.2, 0.25) is 0 Å². The van der Waals surface area contributed by atoms with Crippen molar-refractivity contribution in [1.82, 2.24) is 9.03 Å². The van der Waals surface area contributed by atoms with Gasteiger partial charge in [-0.2, -0.15) is 17.4 Å². The molecule has 3 fully saturated rings. The van der Waals surface area contributed by atoms with Crippen LogP contribution in [-0.2, 0) is 15.0 Å². The molecular weight excluding hydrogens is 264 g/mol. The molecule has 2 saturated carbocycles. The molecule has 6 heteroatoms. The molecule has 1 saturated heterocycles. The largest absolute Gasteiger partial charge is 0.299 e. The zero-order valence-electron chi connectivity index (χ0n) is 11.2. The number of nitrogens with one attached hydrogen (secondary N) is 1. The van der Waals surface area contributed by atoms with Gasteiger partial charge in [0.2, 0.25) is 0 Å². The maximum atomic E-state index is 12.4. The van der Waals surface area contributed by atoms with Gasteiger partial charge in [0.05, 0.1) is 0 Å². The molecule has 0 radical (unpaired) electrons. The van der Waals surface area contributed by atoms with E-state index in [0.29, 0.717) is 13.0 Å². The van der Waals surface area contributed by atoms with Gasteiger partial charge >= 0.3 is 0 Å². The number of ketones is 1. The van der Waals surface area contributed by atoms with Gasteiger partial charge in [-0.3, -0.25) is 4.79 Å². The van der Waals surface area contributed by atoms with Crippen LogP contribution in [0.1, 0.15) is 51.4 Å². The summed E-state index contributed by atoms with van der Waals surface area (Å²) in [7, 11) is -3.40. The first-order valence-corrected chi connectivity index (χ1v) is 8.84. The first kappa shape index (κ1) is 13.5. The Bertz CT molecular complexity index is 459. The van der Waals surface area contributed by atoms with Crippen molar-refractivity contribution in [3.05, 3.63) is 0 Å². The van der Waals surface area contributed by atoms with Crippen molar-refractivity contribution >= 4 is 16.0 Å². The van der Waals surface area contributed by atoms with Crippen molar-refractivity contribution in [2.24, 2.45) is 5.92 Å². The van der Waals surface area contributed by atoms with Gasteiger partial charge in [0, 0.05) is 31.0 Å². The van der Waals surface area contributed by atoms with Crippen LogP contribution in [0.25, 0.3) is 0 Å². The standard InChI is InChI=1S/C13H22N2O3S/c16-13-6-3-4-11(13)12-5-1-2-9-15(12)19(17,18)14-10-7-8-10/h10-12,14H,1-9H2. The Morgan fingerprint density at radius 2 is 1.84 bits per heavy atom. The Labute approximate surface area is 114 Å². The first-order valence-electron chi connectivity index (χ1n) is 7.40. The van der Waals surface area contributed by atoms with E-state index in [1.165, 1.54) is 0 Å². The lowest BCUT2D eigenvalue weighted by molar-refractivity contribution is -0.122. The molecule has 0 amide bonds. The third-order valence-electron chi connectivity index (χ3n) is 4.52. The molecular formula is C13H22N2O3S. The molecule has 1 aliphatic heterocycles. The molecule has 108 valence electrons. The van der Waals surface area contributed by atoms with Crippen LogP contribution in [0.3, 0.4) is 0 Å². The van der Waals surface area contributed by atoms with Gasteiger partial charge in [-0.1, -0.05) is 6.42 Å². The van der Waals surface area contributed by atoms with Crippen LogP contribution in [0.5, 0.6) is 0 Å². The Morgan fingerprint density at radius 1 is 1.05 bits per heavy atom. The number of carbonyl (C=O) groups excluding carboxylic acids is 1. The van der Waals surface area contributed by atoms with Crippen LogP contribution in [-0.4, -0.2) is 37.1 Å². The Hall–Kier alpha value is -0.460. The average molecular weight is 286 g/mol. The molecule has 0 aromatic carbocycles. The molecule has 0 aromatic heterocycles. The smallest absolute Gasteiger partial charge is 0.279 e. The fourth-order valence-electron chi connectivity index (χ4n) is 3.36. The van der Waals surface area contributed by atoms with E-state index in [9.17, 15) is 13.2 Å². The summed E-state index contributed by atoms with van der Waals surface area (Å²) < 4.78 is 29.2. The van der Waals surface area contributed by atoms with E-state index >= 15 is 0 Å². The molecule has 1 N–H and O–H groups in total. The maximum Gasteiger partial charge on any atom is 0.279 e. The minimum absolute atomic E-state index is 0.0592. The number of carbonyl (C=O) groups is 1. The fraction of sp³-hybridized carbons (Fsp3) is 0.923. The van der Waals surface area contributed by atoms with Gasteiger partial charge in [0.25, 0.3) is 10.2 Å². The molecule has 0 aromatic rings. The zero-order chi connectivity index (χ0) is 13.5. The first-order chi connectivity index (χ1) is 9.08. The van der Waals surface area contributed by atoms with E-state index < -0.39 is 10.2 Å². The van der Waals surface area contributed by atoms with Crippen LogP contribution in [0, 0.1) is 5.92 Å². The zero-order valence-corrected chi connectivity index (χ0v) is 12.0. The van der Waals surface area contributed by atoms with Crippen LogP contribution in [0.4, 0.5) is 0 Å². The van der Waals surface area contributed by atoms with Crippen molar-refractivity contribution in [3.8, 4) is 0 Å². The van der Waals surface area contributed by atoms with Crippen molar-refractivity contribution < 1.29 is 13.2 Å². The second kappa shape index (κ2) is 5.14. The van der Waals surface area contributed by atoms with E-state index in [1.54, 1.807) is 4.31 Å². The van der Waals surface area contributed by atoms with Gasteiger partial charge in [-0.25, -0.2) is 0 Å². The molecule has 2 unspecified atom stereocenters. The van der Waals surface area contributed by atoms with E-state index in [4.69, 9.17) is 0 Å². The molecule has 5 nitrogen and oxygen atoms in total. The summed E-state index contributed by atoms with van der Waals surface area (Å²) in [6.07, 6.45) is 7.07. The van der Waals surface area contributed by atoms with Gasteiger partial charge in [0.15, 0.2) is 0 Å². The predicted octanol–water partition coefficient (Wildman–Crippen LogP) is 1.21. The third kappa shape index (κ3) is 2.85.